The number of nitrogens with zero attached hydrogens (tertiary/aromatic N) is 1. The van der Waals surface area contributed by atoms with Gasteiger partial charge in [0.15, 0.2) is 0 Å². The van der Waals surface area contributed by atoms with Gasteiger partial charge in [0.25, 0.3) is 0 Å². The summed E-state index contributed by atoms with van der Waals surface area (Å²) in [5.41, 5.74) is 3.84. The Bertz CT molecular complexity index is 658. The Morgan fingerprint density at radius 1 is 1.29 bits per heavy atom. The molecular weight excluding hydrogens is 330 g/mol. The molecule has 2 rings (SSSR count). The van der Waals surface area contributed by atoms with Crippen molar-refractivity contribution in [3.8, 4) is 0 Å². The lowest BCUT2D eigenvalue weighted by atomic mass is 10.1. The fraction of sp³-hybridized carbons (Fsp3) is 0.250. The van der Waals surface area contributed by atoms with Crippen molar-refractivity contribution in [1.82, 2.24) is 4.98 Å². The molecule has 0 saturated heterocycles. The minimum absolute atomic E-state index is 0.0688. The van der Waals surface area contributed by atoms with Crippen molar-refractivity contribution in [3.63, 3.8) is 0 Å². The number of nitrogens with one attached hydrogen (secondary N) is 2. The third-order valence-electron chi connectivity index (χ3n) is 3.13. The van der Waals surface area contributed by atoms with Gasteiger partial charge in [-0.25, -0.2) is 4.98 Å². The Morgan fingerprint density at radius 2 is 2.05 bits per heavy atom. The molecule has 110 valence electrons. The molecule has 1 unspecified atom stereocenters. The van der Waals surface area contributed by atoms with Crippen LogP contribution in [-0.4, -0.2) is 10.9 Å². The number of anilines is 2. The van der Waals surface area contributed by atoms with E-state index in [1.54, 1.807) is 0 Å². The summed E-state index contributed by atoms with van der Waals surface area (Å²) in [6.07, 6.45) is 0. The zero-order valence-electron chi connectivity index (χ0n) is 12.3. The summed E-state index contributed by atoms with van der Waals surface area (Å²) < 4.78 is 0.825. The predicted octanol–water partition coefficient (Wildman–Crippen LogP) is 4.28. The molecule has 2 aromatic rings. The molecule has 1 amide bonds. The lowest BCUT2D eigenvalue weighted by Crippen LogP contribution is -2.10. The van der Waals surface area contributed by atoms with Crippen LogP contribution in [0, 0.1) is 6.92 Å². The van der Waals surface area contributed by atoms with E-state index in [0.29, 0.717) is 0 Å². The van der Waals surface area contributed by atoms with Crippen LogP contribution < -0.4 is 10.6 Å². The number of amides is 1. The highest BCUT2D eigenvalue weighted by Crippen LogP contribution is 2.24. The van der Waals surface area contributed by atoms with Gasteiger partial charge in [0.2, 0.25) is 5.91 Å². The van der Waals surface area contributed by atoms with Crippen molar-refractivity contribution in [3.05, 3.63) is 52.3 Å². The fourth-order valence-electron chi connectivity index (χ4n) is 2.09. The highest BCUT2D eigenvalue weighted by molar-refractivity contribution is 9.10. The average Bonchev–Trinajstić information content (AvgIpc) is 2.41. The van der Waals surface area contributed by atoms with Gasteiger partial charge in [0.05, 0.1) is 11.4 Å². The number of carbonyl (C=O) groups is 1. The molecule has 0 spiro atoms. The van der Waals surface area contributed by atoms with Crippen LogP contribution in [0.4, 0.5) is 11.4 Å². The number of hydrogen-bond acceptors (Lipinski definition) is 3. The Hall–Kier alpha value is -1.88. The van der Waals surface area contributed by atoms with Gasteiger partial charge >= 0.3 is 0 Å². The zero-order valence-corrected chi connectivity index (χ0v) is 13.9. The minimum Gasteiger partial charge on any atom is -0.377 e. The second-order valence-electron chi connectivity index (χ2n) is 4.94. The molecule has 0 radical (unpaired) electrons. The minimum atomic E-state index is -0.0688. The number of pyridine rings is 1. The van der Waals surface area contributed by atoms with Crippen LogP contribution >= 0.6 is 15.9 Å². The number of rotatable bonds is 4. The maximum atomic E-state index is 11.1. The molecule has 0 fully saturated rings. The molecule has 1 aromatic heterocycles. The molecule has 0 saturated carbocycles. The van der Waals surface area contributed by atoms with Crippen LogP contribution in [0.2, 0.25) is 0 Å². The molecule has 0 bridgehead atoms. The molecule has 4 nitrogen and oxygen atoms in total. The quantitative estimate of drug-likeness (QED) is 0.811. The number of aromatic nitrogens is 1. The SMILES string of the molecule is CC(=O)Nc1cccc(C(C)Nc2ccc(Br)nc2C)c1. The number of halogens is 1. The maximum absolute atomic E-state index is 11.1. The molecule has 1 aromatic carbocycles. The summed E-state index contributed by atoms with van der Waals surface area (Å²) in [7, 11) is 0. The molecule has 0 aliphatic heterocycles. The zero-order chi connectivity index (χ0) is 15.4. The normalized spacial score (nSPS) is 11.8. The Kier molecular flexibility index (Phi) is 4.96. The van der Waals surface area contributed by atoms with Crippen molar-refractivity contribution in [2.24, 2.45) is 0 Å². The largest absolute Gasteiger partial charge is 0.377 e. The van der Waals surface area contributed by atoms with Gasteiger partial charge in [-0.3, -0.25) is 4.79 Å². The lowest BCUT2D eigenvalue weighted by Gasteiger charge is -2.18. The van der Waals surface area contributed by atoms with Crippen molar-refractivity contribution in [2.75, 3.05) is 10.6 Å². The van der Waals surface area contributed by atoms with E-state index in [9.17, 15) is 4.79 Å². The average molecular weight is 348 g/mol. The molecule has 1 atom stereocenters. The van der Waals surface area contributed by atoms with E-state index in [1.165, 1.54) is 6.92 Å². The van der Waals surface area contributed by atoms with Crippen molar-refractivity contribution < 1.29 is 4.79 Å². The van der Waals surface area contributed by atoms with Gasteiger partial charge < -0.3 is 10.6 Å². The van der Waals surface area contributed by atoms with Crippen LogP contribution in [0.25, 0.3) is 0 Å². The molecular formula is C16H18BrN3O. The first-order chi connectivity index (χ1) is 9.95. The van der Waals surface area contributed by atoms with Crippen LogP contribution in [0.5, 0.6) is 0 Å². The molecule has 5 heteroatoms. The predicted molar refractivity (Wildman–Crippen MR) is 89.5 cm³/mol. The highest BCUT2D eigenvalue weighted by atomic mass is 79.9. The fourth-order valence-corrected chi connectivity index (χ4v) is 2.49. The Labute approximate surface area is 133 Å². The number of carbonyl (C=O) groups excluding carboxylic acids is 1. The third-order valence-corrected chi connectivity index (χ3v) is 3.57. The van der Waals surface area contributed by atoms with E-state index in [1.807, 2.05) is 43.3 Å². The number of benzene rings is 1. The van der Waals surface area contributed by atoms with E-state index in [0.717, 1.165) is 27.2 Å². The van der Waals surface area contributed by atoms with Crippen molar-refractivity contribution in [1.29, 1.82) is 0 Å². The lowest BCUT2D eigenvalue weighted by molar-refractivity contribution is -0.114. The van der Waals surface area contributed by atoms with Crippen molar-refractivity contribution >= 4 is 33.2 Å². The summed E-state index contributed by atoms with van der Waals surface area (Å²) in [6.45, 7) is 5.55. The van der Waals surface area contributed by atoms with Gasteiger partial charge in [0.1, 0.15) is 4.60 Å². The monoisotopic (exact) mass is 347 g/mol. The molecule has 0 aliphatic carbocycles. The molecule has 21 heavy (non-hydrogen) atoms. The third kappa shape index (κ3) is 4.29. The smallest absolute Gasteiger partial charge is 0.221 e. The summed E-state index contributed by atoms with van der Waals surface area (Å²) in [6, 6.07) is 11.8. The van der Waals surface area contributed by atoms with Gasteiger partial charge in [-0.15, -0.1) is 0 Å². The van der Waals surface area contributed by atoms with E-state index < -0.39 is 0 Å². The maximum Gasteiger partial charge on any atom is 0.221 e. The van der Waals surface area contributed by atoms with Gasteiger partial charge in [-0.1, -0.05) is 12.1 Å². The van der Waals surface area contributed by atoms with Crippen LogP contribution in [0.15, 0.2) is 41.0 Å². The summed E-state index contributed by atoms with van der Waals surface area (Å²) >= 11 is 3.36. The number of aryl methyl sites for hydroxylation is 1. The summed E-state index contributed by atoms with van der Waals surface area (Å²) in [5.74, 6) is -0.0688. The second-order valence-corrected chi connectivity index (χ2v) is 5.75. The molecule has 2 N–H and O–H groups in total. The molecule has 1 heterocycles. The number of hydrogen-bond donors (Lipinski definition) is 2. The summed E-state index contributed by atoms with van der Waals surface area (Å²) in [4.78, 5) is 15.5. The van der Waals surface area contributed by atoms with Gasteiger partial charge in [-0.2, -0.15) is 0 Å². The first-order valence-electron chi connectivity index (χ1n) is 6.73. The van der Waals surface area contributed by atoms with Crippen molar-refractivity contribution in [2.45, 2.75) is 26.8 Å². The van der Waals surface area contributed by atoms with E-state index in [-0.39, 0.29) is 11.9 Å². The standard InChI is InChI=1S/C16H18BrN3O/c1-10(18-15-7-8-16(17)19-11(15)2)13-5-4-6-14(9-13)20-12(3)21/h4-10,18H,1-3H3,(H,20,21). The van der Waals surface area contributed by atoms with Crippen LogP contribution in [-0.2, 0) is 4.79 Å². The van der Waals surface area contributed by atoms with Crippen LogP contribution in [0.3, 0.4) is 0 Å². The first kappa shape index (κ1) is 15.5. The Balaban J connectivity index is 2.16. The topological polar surface area (TPSA) is 54.0 Å². The van der Waals surface area contributed by atoms with Gasteiger partial charge in [-0.05, 0) is 59.6 Å². The van der Waals surface area contributed by atoms with E-state index in [2.05, 4.69) is 38.5 Å². The molecule has 0 aliphatic rings. The Morgan fingerprint density at radius 3 is 2.71 bits per heavy atom. The highest BCUT2D eigenvalue weighted by Gasteiger charge is 2.09. The first-order valence-corrected chi connectivity index (χ1v) is 7.52. The van der Waals surface area contributed by atoms with E-state index in [4.69, 9.17) is 0 Å². The second kappa shape index (κ2) is 6.72. The summed E-state index contributed by atoms with van der Waals surface area (Å²) in [5, 5.41) is 6.24. The van der Waals surface area contributed by atoms with Gasteiger partial charge in [0, 0.05) is 18.7 Å². The van der Waals surface area contributed by atoms with Crippen LogP contribution in [0.1, 0.15) is 31.1 Å². The van der Waals surface area contributed by atoms with E-state index >= 15 is 0 Å².